The Labute approximate surface area is 369 Å². The van der Waals surface area contributed by atoms with Crippen LogP contribution >= 0.6 is 0 Å². The molecule has 0 saturated heterocycles. The van der Waals surface area contributed by atoms with E-state index in [0.29, 0.717) is 17.5 Å². The molecule has 1 aromatic heterocycles. The molecule has 0 atom stereocenters. The molecule has 0 radical (unpaired) electrons. The van der Waals surface area contributed by atoms with Gasteiger partial charge in [-0.05, 0) is 110 Å². The summed E-state index contributed by atoms with van der Waals surface area (Å²) in [5.41, 5.74) is 7.60. The highest BCUT2D eigenvalue weighted by Gasteiger charge is 2.21. The highest BCUT2D eigenvalue weighted by atomic mass is 15.0. The fraction of sp³-hybridized carbons (Fsp3) is 0. The SMILES string of the molecule is c1ccc(-c2nc(-c3ccccc3)nc(-c3c4ccccc4c(-c4ccc(-c5cc6ccc7cccc8c9ccccc9c9ccccc9c(c5)c6c78)cc4)c4ccccc34)n2)cc1. The fourth-order valence-corrected chi connectivity index (χ4v) is 10.2. The predicted octanol–water partition coefficient (Wildman–Crippen LogP) is 16.3. The molecule has 12 aromatic carbocycles. The number of nitrogens with zero attached hydrogens (tertiary/aromatic N) is 3. The van der Waals surface area contributed by atoms with Crippen molar-refractivity contribution in [2.24, 2.45) is 0 Å². The molecule has 1 heterocycles. The maximum Gasteiger partial charge on any atom is 0.165 e. The second-order valence-electron chi connectivity index (χ2n) is 16.6. The summed E-state index contributed by atoms with van der Waals surface area (Å²) < 4.78 is 0. The molecule has 3 heteroatoms. The van der Waals surface area contributed by atoms with Crippen molar-refractivity contribution in [3.8, 4) is 56.4 Å². The molecule has 0 aliphatic rings. The van der Waals surface area contributed by atoms with Crippen molar-refractivity contribution in [1.82, 2.24) is 15.0 Å². The summed E-state index contributed by atoms with van der Waals surface area (Å²) in [6.45, 7) is 0. The molecule has 0 fully saturated rings. The monoisotopic (exact) mass is 811 g/mol. The van der Waals surface area contributed by atoms with Crippen molar-refractivity contribution in [3.63, 3.8) is 0 Å². The van der Waals surface area contributed by atoms with Crippen LogP contribution in [0.25, 0.3) is 132 Å². The summed E-state index contributed by atoms with van der Waals surface area (Å²) >= 11 is 0. The molecule has 296 valence electrons. The van der Waals surface area contributed by atoms with Gasteiger partial charge in [0.2, 0.25) is 0 Å². The van der Waals surface area contributed by atoms with E-state index in [0.717, 1.165) is 43.8 Å². The Morgan fingerprint density at radius 3 is 1.17 bits per heavy atom. The smallest absolute Gasteiger partial charge is 0.165 e. The lowest BCUT2D eigenvalue weighted by molar-refractivity contribution is 1.08. The Balaban J connectivity index is 1.01. The maximum absolute atomic E-state index is 5.22. The van der Waals surface area contributed by atoms with Crippen molar-refractivity contribution in [2.45, 2.75) is 0 Å². The molecule has 0 spiro atoms. The second kappa shape index (κ2) is 14.5. The molecule has 0 aliphatic heterocycles. The predicted molar refractivity (Wildman–Crippen MR) is 270 cm³/mol. The number of aromatic nitrogens is 3. The van der Waals surface area contributed by atoms with Crippen molar-refractivity contribution < 1.29 is 0 Å². The van der Waals surface area contributed by atoms with E-state index in [1.807, 2.05) is 36.4 Å². The van der Waals surface area contributed by atoms with Crippen LogP contribution in [0.4, 0.5) is 0 Å². The van der Waals surface area contributed by atoms with Crippen molar-refractivity contribution in [2.75, 3.05) is 0 Å². The largest absolute Gasteiger partial charge is 0.208 e. The van der Waals surface area contributed by atoms with E-state index in [9.17, 15) is 0 Å². The van der Waals surface area contributed by atoms with E-state index in [1.54, 1.807) is 0 Å². The van der Waals surface area contributed by atoms with Crippen LogP contribution < -0.4 is 0 Å². The Bertz CT molecular complexity index is 3880. The first-order valence-electron chi connectivity index (χ1n) is 21.9. The maximum atomic E-state index is 5.22. The highest BCUT2D eigenvalue weighted by molar-refractivity contribution is 6.33. The molecule has 0 saturated carbocycles. The van der Waals surface area contributed by atoms with E-state index >= 15 is 0 Å². The quantitative estimate of drug-likeness (QED) is 0.128. The zero-order chi connectivity index (χ0) is 42.1. The second-order valence-corrected chi connectivity index (χ2v) is 16.6. The van der Waals surface area contributed by atoms with Crippen LogP contribution in [-0.4, -0.2) is 15.0 Å². The Kier molecular flexibility index (Phi) is 8.22. The van der Waals surface area contributed by atoms with Crippen LogP contribution in [0.2, 0.25) is 0 Å². The highest BCUT2D eigenvalue weighted by Crippen LogP contribution is 2.45. The first kappa shape index (κ1) is 36.2. The summed E-state index contributed by atoms with van der Waals surface area (Å²) in [5, 5.41) is 17.2. The van der Waals surface area contributed by atoms with E-state index in [2.05, 4.69) is 188 Å². The lowest BCUT2D eigenvalue weighted by atomic mass is 9.87. The van der Waals surface area contributed by atoms with E-state index < -0.39 is 0 Å². The van der Waals surface area contributed by atoms with Crippen LogP contribution in [-0.2, 0) is 0 Å². The van der Waals surface area contributed by atoms with Crippen molar-refractivity contribution >= 4 is 75.4 Å². The van der Waals surface area contributed by atoms with Gasteiger partial charge < -0.3 is 0 Å². The number of rotatable bonds is 5. The number of fused-ring (bicyclic) bond motifs is 7. The molecule has 64 heavy (non-hydrogen) atoms. The van der Waals surface area contributed by atoms with Gasteiger partial charge >= 0.3 is 0 Å². The third kappa shape index (κ3) is 5.72. The van der Waals surface area contributed by atoms with Gasteiger partial charge in [0.1, 0.15) is 0 Å². The van der Waals surface area contributed by atoms with Gasteiger partial charge in [-0.25, -0.2) is 15.0 Å². The lowest BCUT2D eigenvalue weighted by Gasteiger charge is -2.18. The summed E-state index contributed by atoms with van der Waals surface area (Å²) in [7, 11) is 0. The molecule has 3 nitrogen and oxygen atoms in total. The molecule has 0 aliphatic carbocycles. The molecule has 0 amide bonds. The molecule has 0 N–H and O–H groups in total. The minimum atomic E-state index is 0.647. The summed E-state index contributed by atoms with van der Waals surface area (Å²) in [4.78, 5) is 15.4. The van der Waals surface area contributed by atoms with E-state index in [4.69, 9.17) is 15.0 Å². The van der Waals surface area contributed by atoms with Crippen LogP contribution in [0.5, 0.6) is 0 Å². The average Bonchev–Trinajstić information content (AvgIpc) is 3.37. The molecular formula is C61H37N3. The number of hydrogen-bond donors (Lipinski definition) is 0. The number of benzene rings is 11. The summed E-state index contributed by atoms with van der Waals surface area (Å²) in [6.07, 6.45) is 0. The molecule has 0 bridgehead atoms. The first-order valence-corrected chi connectivity index (χ1v) is 21.9. The molecule has 13 rings (SSSR count). The molecular weight excluding hydrogens is 775 g/mol. The topological polar surface area (TPSA) is 38.7 Å². The minimum Gasteiger partial charge on any atom is -0.208 e. The van der Waals surface area contributed by atoms with Crippen LogP contribution in [0, 0.1) is 0 Å². The third-order valence-corrected chi connectivity index (χ3v) is 13.0. The third-order valence-electron chi connectivity index (χ3n) is 13.0. The standard InChI is InChI=1S/C61H37N3/c1-3-16-41(17-4-1)59-62-60(42-18-5-2-6-19-42)64-61(63-59)58-52-27-13-11-25-50(52)55(51-26-12-14-28-53(51)58)40-32-30-38(31-33-40)44-36-43-35-34-39-20-15-29-49-47-23-9-7-21-45(47)46-22-8-10-24-48(46)54(37-44)57(43)56(39)49/h1-37H. The van der Waals surface area contributed by atoms with Gasteiger partial charge in [-0.2, -0.15) is 0 Å². The van der Waals surface area contributed by atoms with E-state index in [1.165, 1.54) is 70.6 Å². The normalized spacial score (nSPS) is 11.8. The zero-order valence-corrected chi connectivity index (χ0v) is 34.7. The lowest BCUT2D eigenvalue weighted by Crippen LogP contribution is -2.01. The van der Waals surface area contributed by atoms with Crippen LogP contribution in [0.1, 0.15) is 0 Å². The van der Waals surface area contributed by atoms with Crippen LogP contribution in [0.3, 0.4) is 0 Å². The van der Waals surface area contributed by atoms with Gasteiger partial charge in [0.05, 0.1) is 0 Å². The van der Waals surface area contributed by atoms with Gasteiger partial charge in [-0.3, -0.25) is 0 Å². The van der Waals surface area contributed by atoms with Gasteiger partial charge in [-0.15, -0.1) is 0 Å². The fourth-order valence-electron chi connectivity index (χ4n) is 10.2. The summed E-state index contributed by atoms with van der Waals surface area (Å²) in [5.74, 6) is 1.94. The van der Waals surface area contributed by atoms with Gasteiger partial charge in [-0.1, -0.05) is 212 Å². The van der Waals surface area contributed by atoms with Gasteiger partial charge in [0.15, 0.2) is 17.5 Å². The van der Waals surface area contributed by atoms with Gasteiger partial charge in [0.25, 0.3) is 0 Å². The van der Waals surface area contributed by atoms with Crippen molar-refractivity contribution in [1.29, 1.82) is 0 Å². The summed E-state index contributed by atoms with van der Waals surface area (Å²) in [6, 6.07) is 80.8. The Morgan fingerprint density at radius 2 is 0.609 bits per heavy atom. The first-order chi connectivity index (χ1) is 31.7. The number of hydrogen-bond acceptors (Lipinski definition) is 3. The molecule has 13 aromatic rings. The zero-order valence-electron chi connectivity index (χ0n) is 34.7. The van der Waals surface area contributed by atoms with Crippen LogP contribution in [0.15, 0.2) is 224 Å². The van der Waals surface area contributed by atoms with Gasteiger partial charge in [0, 0.05) is 16.7 Å². The molecule has 0 unspecified atom stereocenters. The minimum absolute atomic E-state index is 0.647. The Morgan fingerprint density at radius 1 is 0.203 bits per heavy atom. The average molecular weight is 812 g/mol. The Hall–Kier alpha value is -8.53. The van der Waals surface area contributed by atoms with E-state index in [-0.39, 0.29) is 0 Å². The van der Waals surface area contributed by atoms with Crippen molar-refractivity contribution in [3.05, 3.63) is 224 Å².